The van der Waals surface area contributed by atoms with E-state index in [9.17, 15) is 27.9 Å². The van der Waals surface area contributed by atoms with Gasteiger partial charge in [0.1, 0.15) is 17.8 Å². The van der Waals surface area contributed by atoms with Gasteiger partial charge in [-0.05, 0) is 30.5 Å². The summed E-state index contributed by atoms with van der Waals surface area (Å²) in [5.74, 6) is -1.64. The predicted molar refractivity (Wildman–Crippen MR) is 120 cm³/mol. The first-order valence-corrected chi connectivity index (χ1v) is 11.9. The minimum atomic E-state index is -4.00. The van der Waals surface area contributed by atoms with Crippen LogP contribution in [0.15, 0.2) is 41.8 Å². The Balaban J connectivity index is 1.69. The molecule has 2 N–H and O–H groups in total. The summed E-state index contributed by atoms with van der Waals surface area (Å²) in [7, 11) is 0.727. The van der Waals surface area contributed by atoms with E-state index in [-0.39, 0.29) is 24.4 Å². The van der Waals surface area contributed by atoms with E-state index in [1.807, 2.05) is 0 Å². The first kappa shape index (κ1) is 25.2. The molecule has 0 radical (unpaired) electrons. The van der Waals surface area contributed by atoms with Crippen LogP contribution in [0.25, 0.3) is 0 Å². The van der Waals surface area contributed by atoms with Crippen LogP contribution in [0.4, 0.5) is 4.79 Å². The second-order valence-corrected chi connectivity index (χ2v) is 10.00. The molecule has 0 aliphatic carbocycles. The number of nitrogens with one attached hydrogen (secondary N) is 1. The summed E-state index contributed by atoms with van der Waals surface area (Å²) in [6.07, 6.45) is 2.85. The fraction of sp³-hybridized carbons (Fsp3) is 0.429. The topological polar surface area (TPSA) is 151 Å². The molecule has 2 aromatic rings. The highest BCUT2D eigenvalue weighted by molar-refractivity contribution is 7.89. The van der Waals surface area contributed by atoms with E-state index >= 15 is 0 Å². The van der Waals surface area contributed by atoms with Crippen LogP contribution in [-0.4, -0.2) is 83.0 Å². The Bertz CT molecular complexity index is 1160. The number of carbonyl (C=O) groups excluding carboxylic acids is 2. The number of carboxylic acid groups (broad SMARTS) is 1. The summed E-state index contributed by atoms with van der Waals surface area (Å²) in [6.45, 7) is 0.141. The Hall–Kier alpha value is -3.45. The number of aromatic nitrogens is 2. The van der Waals surface area contributed by atoms with Gasteiger partial charge in [0.25, 0.3) is 10.0 Å². The van der Waals surface area contributed by atoms with Gasteiger partial charge in [0.15, 0.2) is 5.03 Å². The molecule has 0 bridgehead atoms. The van der Waals surface area contributed by atoms with Crippen molar-refractivity contribution < 1.29 is 32.6 Å². The Labute approximate surface area is 197 Å². The van der Waals surface area contributed by atoms with Gasteiger partial charge in [-0.2, -0.15) is 4.31 Å². The van der Waals surface area contributed by atoms with Gasteiger partial charge in [-0.25, -0.2) is 23.0 Å². The van der Waals surface area contributed by atoms with Crippen molar-refractivity contribution in [3.8, 4) is 5.75 Å². The van der Waals surface area contributed by atoms with Crippen LogP contribution in [0.2, 0.25) is 0 Å². The molecule has 184 valence electrons. The first-order chi connectivity index (χ1) is 16.0. The Kier molecular flexibility index (Phi) is 7.57. The zero-order chi connectivity index (χ0) is 25.0. The number of rotatable bonds is 8. The lowest BCUT2D eigenvalue weighted by atomic mass is 10.1. The molecule has 0 saturated carbocycles. The van der Waals surface area contributed by atoms with Crippen LogP contribution in [0.5, 0.6) is 5.75 Å². The number of sulfonamides is 1. The number of hydrogen-bond donors (Lipinski definition) is 2. The second-order valence-electron chi connectivity index (χ2n) is 8.16. The zero-order valence-electron chi connectivity index (χ0n) is 19.0. The molecule has 2 amide bonds. The highest BCUT2D eigenvalue weighted by atomic mass is 32.2. The normalized spacial score (nSPS) is 17.2. The lowest BCUT2D eigenvalue weighted by molar-refractivity contribution is -0.142. The molecule has 1 fully saturated rings. The molecule has 0 spiro atoms. The van der Waals surface area contributed by atoms with Crippen LogP contribution in [0, 0.1) is 0 Å². The SMILES string of the molecule is CN(C)C(=O)Oc1ccc(C[C@H](NC(=O)[C@@H]2CCCN2S(=O)(=O)c2cn(C)cn2)C(=O)O)cc1. The number of aliphatic carboxylic acids is 1. The number of amides is 2. The number of imidazole rings is 1. The van der Waals surface area contributed by atoms with Crippen molar-refractivity contribution in [1.29, 1.82) is 0 Å². The summed E-state index contributed by atoms with van der Waals surface area (Å²) < 4.78 is 33.6. The van der Waals surface area contributed by atoms with E-state index in [1.54, 1.807) is 33.3 Å². The average Bonchev–Trinajstić information content (AvgIpc) is 3.44. The van der Waals surface area contributed by atoms with Crippen LogP contribution >= 0.6 is 0 Å². The van der Waals surface area contributed by atoms with Crippen molar-refractivity contribution in [2.24, 2.45) is 7.05 Å². The third-order valence-corrected chi connectivity index (χ3v) is 7.10. The molecule has 13 heteroatoms. The number of carboxylic acids is 1. The fourth-order valence-corrected chi connectivity index (χ4v) is 5.15. The number of ether oxygens (including phenoxy) is 1. The Morgan fingerprint density at radius 3 is 2.50 bits per heavy atom. The lowest BCUT2D eigenvalue weighted by Gasteiger charge is -2.24. The van der Waals surface area contributed by atoms with Crippen LogP contribution in [0.3, 0.4) is 0 Å². The van der Waals surface area contributed by atoms with Gasteiger partial charge in [0.2, 0.25) is 5.91 Å². The third-order valence-electron chi connectivity index (χ3n) is 5.31. The van der Waals surface area contributed by atoms with Crippen molar-refractivity contribution in [3.63, 3.8) is 0 Å². The Morgan fingerprint density at radius 1 is 1.26 bits per heavy atom. The molecule has 12 nitrogen and oxygen atoms in total. The number of aryl methyl sites for hydroxylation is 1. The summed E-state index contributed by atoms with van der Waals surface area (Å²) >= 11 is 0. The average molecular weight is 494 g/mol. The quantitative estimate of drug-likeness (QED) is 0.538. The molecule has 2 heterocycles. The molecular formula is C21H27N5O7S. The van der Waals surface area contributed by atoms with Crippen LogP contribution < -0.4 is 10.1 Å². The number of nitrogens with zero attached hydrogens (tertiary/aromatic N) is 4. The lowest BCUT2D eigenvalue weighted by Crippen LogP contribution is -2.51. The summed E-state index contributed by atoms with van der Waals surface area (Å²) in [4.78, 5) is 41.5. The smallest absolute Gasteiger partial charge is 0.414 e. The molecule has 1 aliphatic heterocycles. The van der Waals surface area contributed by atoms with Crippen LogP contribution in [-0.2, 0) is 33.1 Å². The molecule has 0 unspecified atom stereocenters. The van der Waals surface area contributed by atoms with E-state index in [1.165, 1.54) is 34.1 Å². The highest BCUT2D eigenvalue weighted by Gasteiger charge is 2.41. The largest absolute Gasteiger partial charge is 0.480 e. The maximum atomic E-state index is 12.9. The molecule has 1 saturated heterocycles. The maximum absolute atomic E-state index is 12.9. The van der Waals surface area contributed by atoms with E-state index in [0.29, 0.717) is 17.7 Å². The summed E-state index contributed by atoms with van der Waals surface area (Å²) in [6, 6.07) is 3.93. The zero-order valence-corrected chi connectivity index (χ0v) is 19.9. The van der Waals surface area contributed by atoms with Crippen molar-refractivity contribution >= 4 is 28.0 Å². The highest BCUT2D eigenvalue weighted by Crippen LogP contribution is 2.25. The first-order valence-electron chi connectivity index (χ1n) is 10.5. The molecule has 1 aromatic heterocycles. The fourth-order valence-electron chi connectivity index (χ4n) is 3.52. The third kappa shape index (κ3) is 5.72. The number of benzene rings is 1. The molecule has 3 rings (SSSR count). The van der Waals surface area contributed by atoms with Crippen molar-refractivity contribution in [2.45, 2.75) is 36.4 Å². The van der Waals surface area contributed by atoms with Crippen LogP contribution in [0.1, 0.15) is 18.4 Å². The molecule has 1 aliphatic rings. The molecule has 34 heavy (non-hydrogen) atoms. The summed E-state index contributed by atoms with van der Waals surface area (Å²) in [5.41, 5.74) is 0.585. The van der Waals surface area contributed by atoms with Gasteiger partial charge in [-0.1, -0.05) is 12.1 Å². The van der Waals surface area contributed by atoms with E-state index in [4.69, 9.17) is 4.74 Å². The van der Waals surface area contributed by atoms with Gasteiger partial charge in [-0.3, -0.25) is 4.79 Å². The summed E-state index contributed by atoms with van der Waals surface area (Å²) in [5, 5.41) is 11.9. The number of hydrogen-bond acceptors (Lipinski definition) is 7. The molecular weight excluding hydrogens is 466 g/mol. The minimum Gasteiger partial charge on any atom is -0.480 e. The monoisotopic (exact) mass is 493 g/mol. The molecule has 2 atom stereocenters. The van der Waals surface area contributed by atoms with E-state index < -0.39 is 40.1 Å². The van der Waals surface area contributed by atoms with Gasteiger partial charge < -0.3 is 24.6 Å². The molecule has 1 aromatic carbocycles. The van der Waals surface area contributed by atoms with Gasteiger partial charge in [0, 0.05) is 40.3 Å². The predicted octanol–water partition coefficient (Wildman–Crippen LogP) is 0.446. The van der Waals surface area contributed by atoms with E-state index in [0.717, 1.165) is 4.31 Å². The van der Waals surface area contributed by atoms with Crippen molar-refractivity contribution in [3.05, 3.63) is 42.4 Å². The van der Waals surface area contributed by atoms with E-state index in [2.05, 4.69) is 10.3 Å². The van der Waals surface area contributed by atoms with Gasteiger partial charge in [-0.15, -0.1) is 0 Å². The maximum Gasteiger partial charge on any atom is 0.414 e. The van der Waals surface area contributed by atoms with Gasteiger partial charge >= 0.3 is 12.1 Å². The second kappa shape index (κ2) is 10.2. The minimum absolute atomic E-state index is 0.0390. The Morgan fingerprint density at radius 2 is 1.94 bits per heavy atom. The standard InChI is InChI=1S/C21H27N5O7S/c1-24(2)21(30)33-15-8-6-14(7-9-15)11-16(20(28)29)23-19(27)17-5-4-10-26(17)34(31,32)18-12-25(3)13-22-18/h6-9,12-13,16-17H,4-5,10-11H2,1-3H3,(H,23,27)(H,28,29)/t16-,17-/m0/s1. The van der Waals surface area contributed by atoms with Gasteiger partial charge in [0.05, 0.1) is 6.33 Å². The van der Waals surface area contributed by atoms with Crippen molar-refractivity contribution in [1.82, 2.24) is 24.1 Å². The number of carbonyl (C=O) groups is 3. The van der Waals surface area contributed by atoms with Crippen molar-refractivity contribution in [2.75, 3.05) is 20.6 Å².